The third kappa shape index (κ3) is 3.96. The van der Waals surface area contributed by atoms with E-state index in [0.29, 0.717) is 13.2 Å². The van der Waals surface area contributed by atoms with Crippen LogP contribution in [0.15, 0.2) is 59.2 Å². The van der Waals surface area contributed by atoms with Gasteiger partial charge in [-0.25, -0.2) is 0 Å². The van der Waals surface area contributed by atoms with Gasteiger partial charge in [0.15, 0.2) is 24.4 Å². The van der Waals surface area contributed by atoms with Gasteiger partial charge in [-0.3, -0.25) is 0 Å². The predicted molar refractivity (Wildman–Crippen MR) is 110 cm³/mol. The molecular formula is C24H26O6. The maximum atomic E-state index is 6.04. The maximum Gasteiger partial charge on any atom is 0.223 e. The van der Waals surface area contributed by atoms with Crippen LogP contribution in [0.5, 0.6) is 5.75 Å². The van der Waals surface area contributed by atoms with E-state index < -0.39 is 5.79 Å². The van der Waals surface area contributed by atoms with E-state index in [1.54, 1.807) is 6.26 Å². The molecule has 0 radical (unpaired) electrons. The molecule has 2 fully saturated rings. The first kappa shape index (κ1) is 19.6. The molecule has 2 aliphatic rings. The van der Waals surface area contributed by atoms with Gasteiger partial charge < -0.3 is 28.1 Å². The number of hydrogen-bond acceptors (Lipinski definition) is 6. The van der Waals surface area contributed by atoms with E-state index in [1.807, 2.05) is 48.5 Å². The first-order valence-electron chi connectivity index (χ1n) is 10.5. The van der Waals surface area contributed by atoms with Crippen LogP contribution < -0.4 is 4.74 Å². The third-order valence-electron chi connectivity index (χ3n) is 5.65. The lowest BCUT2D eigenvalue weighted by Crippen LogP contribution is -2.47. The lowest BCUT2D eigenvalue weighted by molar-refractivity contribution is -0.420. The molecule has 158 valence electrons. The summed E-state index contributed by atoms with van der Waals surface area (Å²) in [6.07, 6.45) is 5.44. The number of hydrogen-bond donors (Lipinski definition) is 0. The molecule has 0 saturated carbocycles. The number of benzene rings is 2. The zero-order valence-electron chi connectivity index (χ0n) is 16.9. The van der Waals surface area contributed by atoms with Crippen molar-refractivity contribution in [2.45, 2.75) is 37.8 Å². The van der Waals surface area contributed by atoms with E-state index in [2.05, 4.69) is 0 Å². The molecule has 3 heterocycles. The molecule has 1 aromatic heterocycles. The van der Waals surface area contributed by atoms with Crippen LogP contribution in [0.4, 0.5) is 0 Å². The fraction of sp³-hybridized carbons (Fsp3) is 0.417. The smallest absolute Gasteiger partial charge is 0.223 e. The van der Waals surface area contributed by atoms with Gasteiger partial charge in [0.05, 0.1) is 19.5 Å². The molecule has 1 atom stereocenters. The lowest BCUT2D eigenvalue weighted by Gasteiger charge is -2.41. The number of ether oxygens (including phenoxy) is 5. The van der Waals surface area contributed by atoms with Gasteiger partial charge in [-0.15, -0.1) is 0 Å². The largest absolute Gasteiger partial charge is 0.461 e. The SMILES string of the molecule is c1ccc(C2(COCCc3coc4c(OC5CCCCO5)cccc34)OCO2)cc1. The topological polar surface area (TPSA) is 59.3 Å². The predicted octanol–water partition coefficient (Wildman–Crippen LogP) is 4.75. The lowest BCUT2D eigenvalue weighted by atomic mass is 10.1. The van der Waals surface area contributed by atoms with Crippen LogP contribution in [0.2, 0.25) is 0 Å². The van der Waals surface area contributed by atoms with Crippen molar-refractivity contribution in [3.63, 3.8) is 0 Å². The van der Waals surface area contributed by atoms with Crippen LogP contribution in [0, 0.1) is 0 Å². The highest BCUT2D eigenvalue weighted by Crippen LogP contribution is 2.35. The Balaban J connectivity index is 1.20. The summed E-state index contributed by atoms with van der Waals surface area (Å²) in [7, 11) is 0. The minimum absolute atomic E-state index is 0.196. The maximum absolute atomic E-state index is 6.04. The number of para-hydroxylation sites is 1. The van der Waals surface area contributed by atoms with Crippen LogP contribution in [-0.2, 0) is 31.2 Å². The fourth-order valence-corrected chi connectivity index (χ4v) is 3.93. The molecule has 6 heteroatoms. The Kier molecular flexibility index (Phi) is 5.73. The van der Waals surface area contributed by atoms with Crippen molar-refractivity contribution in [1.82, 2.24) is 0 Å². The third-order valence-corrected chi connectivity index (χ3v) is 5.65. The van der Waals surface area contributed by atoms with E-state index >= 15 is 0 Å². The summed E-state index contributed by atoms with van der Waals surface area (Å²) >= 11 is 0. The van der Waals surface area contributed by atoms with Crippen molar-refractivity contribution in [2.24, 2.45) is 0 Å². The molecule has 6 nitrogen and oxygen atoms in total. The summed E-state index contributed by atoms with van der Waals surface area (Å²) < 4.78 is 34.9. The van der Waals surface area contributed by atoms with Gasteiger partial charge in [0.1, 0.15) is 6.61 Å². The number of furan rings is 1. The Labute approximate surface area is 175 Å². The van der Waals surface area contributed by atoms with Crippen molar-refractivity contribution in [1.29, 1.82) is 0 Å². The first-order chi connectivity index (χ1) is 14.8. The molecule has 0 amide bonds. The van der Waals surface area contributed by atoms with Crippen LogP contribution in [0.25, 0.3) is 11.0 Å². The summed E-state index contributed by atoms with van der Waals surface area (Å²) in [6, 6.07) is 15.9. The Morgan fingerprint density at radius 1 is 1.00 bits per heavy atom. The monoisotopic (exact) mass is 410 g/mol. The van der Waals surface area contributed by atoms with Crippen molar-refractivity contribution in [2.75, 3.05) is 26.6 Å². The fourth-order valence-electron chi connectivity index (χ4n) is 3.93. The Morgan fingerprint density at radius 2 is 1.90 bits per heavy atom. The average molecular weight is 410 g/mol. The summed E-state index contributed by atoms with van der Waals surface area (Å²) in [4.78, 5) is 0. The van der Waals surface area contributed by atoms with E-state index in [0.717, 1.165) is 60.1 Å². The van der Waals surface area contributed by atoms with Crippen molar-refractivity contribution in [3.8, 4) is 5.75 Å². The van der Waals surface area contributed by atoms with E-state index in [-0.39, 0.29) is 13.1 Å². The first-order valence-corrected chi connectivity index (χ1v) is 10.5. The average Bonchev–Trinajstić information content (AvgIpc) is 3.18. The Hall–Kier alpha value is -2.38. The van der Waals surface area contributed by atoms with Gasteiger partial charge in [0.2, 0.25) is 5.79 Å². The summed E-state index contributed by atoms with van der Waals surface area (Å²) in [5.41, 5.74) is 2.81. The molecule has 0 aliphatic carbocycles. The molecule has 5 rings (SSSR count). The quantitative estimate of drug-likeness (QED) is 0.499. The van der Waals surface area contributed by atoms with E-state index in [1.165, 1.54) is 0 Å². The minimum Gasteiger partial charge on any atom is -0.461 e. The van der Waals surface area contributed by atoms with Crippen LogP contribution in [-0.4, -0.2) is 32.9 Å². The highest BCUT2D eigenvalue weighted by molar-refractivity contribution is 5.86. The second kappa shape index (κ2) is 8.78. The van der Waals surface area contributed by atoms with Gasteiger partial charge in [0, 0.05) is 22.9 Å². The van der Waals surface area contributed by atoms with E-state index in [9.17, 15) is 0 Å². The molecule has 2 saturated heterocycles. The molecule has 30 heavy (non-hydrogen) atoms. The molecule has 2 aromatic carbocycles. The van der Waals surface area contributed by atoms with Crippen molar-refractivity contribution >= 4 is 11.0 Å². The van der Waals surface area contributed by atoms with Gasteiger partial charge in [-0.05, 0) is 25.3 Å². The van der Waals surface area contributed by atoms with Crippen molar-refractivity contribution < 1.29 is 28.1 Å². The molecule has 3 aromatic rings. The molecule has 0 spiro atoms. The molecule has 2 aliphatic heterocycles. The summed E-state index contributed by atoms with van der Waals surface area (Å²) in [6.45, 7) is 1.92. The molecule has 0 bridgehead atoms. The van der Waals surface area contributed by atoms with Gasteiger partial charge >= 0.3 is 0 Å². The van der Waals surface area contributed by atoms with Gasteiger partial charge in [-0.1, -0.05) is 42.5 Å². The molecular weight excluding hydrogens is 384 g/mol. The molecule has 0 N–H and O–H groups in total. The highest BCUT2D eigenvalue weighted by Gasteiger charge is 2.42. The standard InChI is InChI=1S/C24H26O6/c1-2-7-19(8-3-1)24(28-17-29-24)16-25-14-12-18-15-27-23-20(18)9-6-10-21(23)30-22-11-4-5-13-26-22/h1-3,6-10,15,22H,4-5,11-14,16-17H2. The van der Waals surface area contributed by atoms with Crippen molar-refractivity contribution in [3.05, 3.63) is 65.9 Å². The zero-order valence-corrected chi connectivity index (χ0v) is 16.9. The normalized spacial score (nSPS) is 20.7. The van der Waals surface area contributed by atoms with E-state index in [4.69, 9.17) is 28.1 Å². The second-order valence-corrected chi connectivity index (χ2v) is 7.64. The Morgan fingerprint density at radius 3 is 2.67 bits per heavy atom. The van der Waals surface area contributed by atoms with Crippen LogP contribution >= 0.6 is 0 Å². The van der Waals surface area contributed by atoms with Crippen LogP contribution in [0.3, 0.4) is 0 Å². The second-order valence-electron chi connectivity index (χ2n) is 7.64. The highest BCUT2D eigenvalue weighted by atomic mass is 16.9. The summed E-state index contributed by atoms with van der Waals surface area (Å²) in [5, 5.41) is 1.04. The van der Waals surface area contributed by atoms with Gasteiger partial charge in [0.25, 0.3) is 0 Å². The zero-order chi connectivity index (χ0) is 20.2. The molecule has 1 unspecified atom stereocenters. The van der Waals surface area contributed by atoms with Crippen LogP contribution in [0.1, 0.15) is 30.4 Å². The Bertz CT molecular complexity index is 956. The minimum atomic E-state index is -0.791. The number of rotatable bonds is 8. The van der Waals surface area contributed by atoms with Gasteiger partial charge in [-0.2, -0.15) is 0 Å². The number of fused-ring (bicyclic) bond motifs is 1. The summed E-state index contributed by atoms with van der Waals surface area (Å²) in [5.74, 6) is -0.0633.